The number of carbonyl (C=O) groups excluding carboxylic acids is 1. The van der Waals surface area contributed by atoms with E-state index in [0.29, 0.717) is 18.7 Å². The van der Waals surface area contributed by atoms with Gasteiger partial charge in [-0.05, 0) is 31.4 Å². The Labute approximate surface area is 143 Å². The van der Waals surface area contributed by atoms with Crippen molar-refractivity contribution in [1.82, 2.24) is 5.32 Å². The van der Waals surface area contributed by atoms with E-state index < -0.39 is 5.97 Å². The molecule has 2 aromatic rings. The molecule has 0 fully saturated rings. The maximum atomic E-state index is 12.0. The summed E-state index contributed by atoms with van der Waals surface area (Å²) in [7, 11) is 0. The molecule has 23 heavy (non-hydrogen) atoms. The Morgan fingerprint density at radius 3 is 2.70 bits per heavy atom. The molecule has 0 aliphatic carbocycles. The Hall–Kier alpha value is -1.79. The van der Waals surface area contributed by atoms with Crippen LogP contribution in [0, 0.1) is 0 Å². The molecule has 0 saturated carbocycles. The third kappa shape index (κ3) is 4.84. The Morgan fingerprint density at radius 1 is 1.35 bits per heavy atom. The van der Waals surface area contributed by atoms with Crippen LogP contribution in [0.5, 0.6) is 0 Å². The summed E-state index contributed by atoms with van der Waals surface area (Å²) in [5.41, 5.74) is 0.0484. The molecule has 124 valence electrons. The average Bonchev–Trinajstić information content (AvgIpc) is 3.12. The van der Waals surface area contributed by atoms with Crippen LogP contribution in [0.2, 0.25) is 4.34 Å². The normalized spacial score (nSPS) is 10.7. The maximum absolute atomic E-state index is 12.0. The van der Waals surface area contributed by atoms with Gasteiger partial charge in [0.05, 0.1) is 4.34 Å². The lowest BCUT2D eigenvalue weighted by molar-refractivity contribution is 0.0694. The van der Waals surface area contributed by atoms with Crippen LogP contribution in [0.25, 0.3) is 0 Å². The third-order valence-electron chi connectivity index (χ3n) is 3.35. The molecule has 2 N–H and O–H groups in total. The second-order valence-corrected chi connectivity index (χ2v) is 6.82. The molecule has 5 nitrogen and oxygen atoms in total. The molecule has 0 aromatic carbocycles. The molecule has 2 heterocycles. The van der Waals surface area contributed by atoms with Gasteiger partial charge in [-0.3, -0.25) is 4.79 Å². The van der Waals surface area contributed by atoms with Gasteiger partial charge < -0.3 is 14.8 Å². The van der Waals surface area contributed by atoms with Gasteiger partial charge in [-0.15, -0.1) is 11.3 Å². The number of unbranched alkanes of at least 4 members (excludes halogenated alkanes) is 1. The topological polar surface area (TPSA) is 79.5 Å². The number of furan rings is 1. The van der Waals surface area contributed by atoms with Crippen LogP contribution in [-0.4, -0.2) is 23.5 Å². The first-order valence-corrected chi connectivity index (χ1v) is 8.59. The highest BCUT2D eigenvalue weighted by atomic mass is 35.5. The molecular weight excluding hydrogens is 338 g/mol. The van der Waals surface area contributed by atoms with Gasteiger partial charge in [-0.25, -0.2) is 4.79 Å². The van der Waals surface area contributed by atoms with E-state index in [-0.39, 0.29) is 17.2 Å². The SMILES string of the molecule is CCc1oc(C(=O)NCCCCc2ccc(Cl)s2)cc1C(=O)O. The zero-order chi connectivity index (χ0) is 16.8. The number of amides is 1. The minimum Gasteiger partial charge on any atom is -0.478 e. The minimum absolute atomic E-state index is 0.0456. The van der Waals surface area contributed by atoms with Crippen LogP contribution in [0.15, 0.2) is 22.6 Å². The zero-order valence-corrected chi connectivity index (χ0v) is 14.3. The predicted molar refractivity (Wildman–Crippen MR) is 89.6 cm³/mol. The van der Waals surface area contributed by atoms with E-state index in [1.807, 2.05) is 12.1 Å². The van der Waals surface area contributed by atoms with Crippen molar-refractivity contribution in [3.05, 3.63) is 44.5 Å². The number of halogens is 1. The zero-order valence-electron chi connectivity index (χ0n) is 12.7. The second-order valence-electron chi connectivity index (χ2n) is 5.03. The quantitative estimate of drug-likeness (QED) is 0.701. The first-order chi connectivity index (χ1) is 11.0. The van der Waals surface area contributed by atoms with Gasteiger partial charge in [-0.2, -0.15) is 0 Å². The van der Waals surface area contributed by atoms with Crippen LogP contribution < -0.4 is 5.32 Å². The molecule has 0 aliphatic heterocycles. The summed E-state index contributed by atoms with van der Waals surface area (Å²) in [6.45, 7) is 2.30. The van der Waals surface area contributed by atoms with Gasteiger partial charge in [0.1, 0.15) is 11.3 Å². The van der Waals surface area contributed by atoms with Crippen LogP contribution in [0.4, 0.5) is 0 Å². The van der Waals surface area contributed by atoms with Crippen molar-refractivity contribution in [1.29, 1.82) is 0 Å². The number of aryl methyl sites for hydroxylation is 2. The summed E-state index contributed by atoms with van der Waals surface area (Å²) >= 11 is 7.43. The van der Waals surface area contributed by atoms with Gasteiger partial charge in [0, 0.05) is 23.9 Å². The second kappa shape index (κ2) is 8.17. The van der Waals surface area contributed by atoms with Crippen molar-refractivity contribution >= 4 is 34.8 Å². The van der Waals surface area contributed by atoms with Crippen LogP contribution in [0.3, 0.4) is 0 Å². The molecule has 0 bridgehead atoms. The molecular formula is C16H18ClNO4S. The fraction of sp³-hybridized carbons (Fsp3) is 0.375. The van der Waals surface area contributed by atoms with Crippen molar-refractivity contribution < 1.29 is 19.1 Å². The number of hydrogen-bond donors (Lipinski definition) is 2. The number of nitrogens with one attached hydrogen (secondary N) is 1. The van der Waals surface area contributed by atoms with Crippen LogP contribution in [0.1, 0.15) is 51.3 Å². The number of aromatic carboxylic acids is 1. The van der Waals surface area contributed by atoms with E-state index >= 15 is 0 Å². The Balaban J connectivity index is 1.77. The van der Waals surface area contributed by atoms with Crippen LogP contribution in [-0.2, 0) is 12.8 Å². The highest BCUT2D eigenvalue weighted by Crippen LogP contribution is 2.22. The van der Waals surface area contributed by atoms with Crippen molar-refractivity contribution in [3.63, 3.8) is 0 Å². The highest BCUT2D eigenvalue weighted by Gasteiger charge is 2.19. The van der Waals surface area contributed by atoms with Gasteiger partial charge in [0.15, 0.2) is 5.76 Å². The van der Waals surface area contributed by atoms with E-state index in [1.54, 1.807) is 18.3 Å². The van der Waals surface area contributed by atoms with Crippen LogP contribution >= 0.6 is 22.9 Å². The highest BCUT2D eigenvalue weighted by molar-refractivity contribution is 7.16. The van der Waals surface area contributed by atoms with E-state index in [4.69, 9.17) is 21.1 Å². The molecule has 0 saturated heterocycles. The van der Waals surface area contributed by atoms with Crippen molar-refractivity contribution in [3.8, 4) is 0 Å². The van der Waals surface area contributed by atoms with Gasteiger partial charge in [0.2, 0.25) is 0 Å². The van der Waals surface area contributed by atoms with Gasteiger partial charge >= 0.3 is 5.97 Å². The largest absolute Gasteiger partial charge is 0.478 e. The van der Waals surface area contributed by atoms with E-state index in [9.17, 15) is 9.59 Å². The smallest absolute Gasteiger partial charge is 0.339 e. The maximum Gasteiger partial charge on any atom is 0.339 e. The summed E-state index contributed by atoms with van der Waals surface area (Å²) in [6.07, 6.45) is 3.12. The molecule has 2 rings (SSSR count). The van der Waals surface area contributed by atoms with E-state index in [1.165, 1.54) is 10.9 Å². The molecule has 0 radical (unpaired) electrons. The van der Waals surface area contributed by atoms with Crippen molar-refractivity contribution in [2.24, 2.45) is 0 Å². The Morgan fingerprint density at radius 2 is 2.13 bits per heavy atom. The van der Waals surface area contributed by atoms with Gasteiger partial charge in [-0.1, -0.05) is 18.5 Å². The predicted octanol–water partition coefficient (Wildman–Crippen LogP) is 4.01. The molecule has 7 heteroatoms. The summed E-state index contributed by atoms with van der Waals surface area (Å²) < 4.78 is 6.09. The van der Waals surface area contributed by atoms with E-state index in [2.05, 4.69) is 5.32 Å². The number of rotatable bonds is 8. The summed E-state index contributed by atoms with van der Waals surface area (Å²) in [5.74, 6) is -1.10. The standard InChI is InChI=1S/C16H18ClNO4S/c1-2-12-11(16(20)21)9-13(22-12)15(19)18-8-4-3-5-10-6-7-14(17)23-10/h6-7,9H,2-5,8H2,1H3,(H,18,19)(H,20,21). The first-order valence-electron chi connectivity index (χ1n) is 7.39. The fourth-order valence-electron chi connectivity index (χ4n) is 2.18. The summed E-state index contributed by atoms with van der Waals surface area (Å²) in [6, 6.07) is 5.17. The molecule has 0 unspecified atom stereocenters. The first kappa shape index (κ1) is 17.6. The summed E-state index contributed by atoms with van der Waals surface area (Å²) in [5, 5.41) is 11.8. The third-order valence-corrected chi connectivity index (χ3v) is 4.64. The minimum atomic E-state index is -1.08. The Bertz CT molecular complexity index is 692. The average molecular weight is 356 g/mol. The fourth-order valence-corrected chi connectivity index (χ4v) is 3.31. The lowest BCUT2D eigenvalue weighted by Gasteiger charge is -2.02. The molecule has 0 aliphatic rings. The molecule has 0 spiro atoms. The number of carboxylic acid groups (broad SMARTS) is 1. The summed E-state index contributed by atoms with van der Waals surface area (Å²) in [4.78, 5) is 24.3. The molecule has 1 amide bonds. The lowest BCUT2D eigenvalue weighted by atomic mass is 10.2. The monoisotopic (exact) mass is 355 g/mol. The molecule has 2 aromatic heterocycles. The number of carboxylic acids is 1. The number of thiophene rings is 1. The molecule has 0 atom stereocenters. The lowest BCUT2D eigenvalue weighted by Crippen LogP contribution is -2.24. The van der Waals surface area contributed by atoms with Crippen molar-refractivity contribution in [2.75, 3.05) is 6.54 Å². The number of hydrogen-bond acceptors (Lipinski definition) is 4. The van der Waals surface area contributed by atoms with E-state index in [0.717, 1.165) is 23.6 Å². The number of carbonyl (C=O) groups is 2. The van der Waals surface area contributed by atoms with Gasteiger partial charge in [0.25, 0.3) is 5.91 Å². The van der Waals surface area contributed by atoms with Crippen molar-refractivity contribution in [2.45, 2.75) is 32.6 Å². The Kier molecular flexibility index (Phi) is 6.24.